The predicted octanol–water partition coefficient (Wildman–Crippen LogP) is 2.14. The van der Waals surface area contributed by atoms with Gasteiger partial charge in [0.1, 0.15) is 0 Å². The summed E-state index contributed by atoms with van der Waals surface area (Å²) in [5.41, 5.74) is 2.58. The van der Waals surface area contributed by atoms with E-state index in [1.54, 1.807) is 0 Å². The molecule has 0 unspecified atom stereocenters. The van der Waals surface area contributed by atoms with Crippen molar-refractivity contribution < 1.29 is 9.53 Å². The molecule has 0 saturated heterocycles. The van der Waals surface area contributed by atoms with Gasteiger partial charge in [0, 0.05) is 0 Å². The Morgan fingerprint density at radius 1 is 1.43 bits per heavy atom. The summed E-state index contributed by atoms with van der Waals surface area (Å²) in [4.78, 5) is 11.5. The number of hydrogen-bond donors (Lipinski definition) is 0. The van der Waals surface area contributed by atoms with Crippen molar-refractivity contribution in [3.8, 4) is 0 Å². The lowest BCUT2D eigenvalue weighted by atomic mass is 9.95. The number of esters is 1. The standard InChI is InChI=1S/C12H14O2/c1-8-10-6-4-3-5-9(10)7-11(8)12(13)14-2/h3-6,8,11H,7H2,1-2H3/t8-,11+/m1/s1. The van der Waals surface area contributed by atoms with Crippen LogP contribution in [0.25, 0.3) is 0 Å². The van der Waals surface area contributed by atoms with Crippen LogP contribution in [0.1, 0.15) is 24.0 Å². The summed E-state index contributed by atoms with van der Waals surface area (Å²) in [6, 6.07) is 8.23. The topological polar surface area (TPSA) is 26.3 Å². The van der Waals surface area contributed by atoms with Crippen LogP contribution in [0.2, 0.25) is 0 Å². The average molecular weight is 190 g/mol. The first-order valence-electron chi connectivity index (χ1n) is 4.89. The molecule has 0 spiro atoms. The highest BCUT2D eigenvalue weighted by atomic mass is 16.5. The number of hydrogen-bond acceptors (Lipinski definition) is 2. The Morgan fingerprint density at radius 3 is 2.79 bits per heavy atom. The summed E-state index contributed by atoms with van der Waals surface area (Å²) in [6.07, 6.45) is 0.823. The minimum absolute atomic E-state index is 0.0115. The number of fused-ring (bicyclic) bond motifs is 1. The fraction of sp³-hybridized carbons (Fsp3) is 0.417. The van der Waals surface area contributed by atoms with Crippen LogP contribution in [0.3, 0.4) is 0 Å². The van der Waals surface area contributed by atoms with Crippen LogP contribution in [0.5, 0.6) is 0 Å². The van der Waals surface area contributed by atoms with Crippen LogP contribution in [-0.2, 0) is 16.0 Å². The summed E-state index contributed by atoms with van der Waals surface area (Å²) in [6.45, 7) is 2.09. The zero-order valence-electron chi connectivity index (χ0n) is 8.49. The van der Waals surface area contributed by atoms with E-state index in [2.05, 4.69) is 19.1 Å². The van der Waals surface area contributed by atoms with Crippen LogP contribution < -0.4 is 0 Å². The molecule has 2 heteroatoms. The van der Waals surface area contributed by atoms with Gasteiger partial charge in [-0.2, -0.15) is 0 Å². The summed E-state index contributed by atoms with van der Waals surface area (Å²) in [5.74, 6) is 0.213. The molecule has 1 aliphatic rings. The van der Waals surface area contributed by atoms with Gasteiger partial charge < -0.3 is 4.74 Å². The van der Waals surface area contributed by atoms with Crippen molar-refractivity contribution in [2.24, 2.45) is 5.92 Å². The molecule has 2 nitrogen and oxygen atoms in total. The van der Waals surface area contributed by atoms with E-state index >= 15 is 0 Å². The van der Waals surface area contributed by atoms with E-state index < -0.39 is 0 Å². The normalized spacial score (nSPS) is 24.4. The summed E-state index contributed by atoms with van der Waals surface area (Å²) in [5, 5.41) is 0. The molecule has 1 aromatic carbocycles. The van der Waals surface area contributed by atoms with Crippen molar-refractivity contribution in [1.82, 2.24) is 0 Å². The molecule has 0 heterocycles. The highest BCUT2D eigenvalue weighted by Gasteiger charge is 2.34. The molecule has 0 saturated carbocycles. The van der Waals surface area contributed by atoms with Crippen molar-refractivity contribution in [1.29, 1.82) is 0 Å². The van der Waals surface area contributed by atoms with E-state index in [1.165, 1.54) is 18.2 Å². The molecule has 0 fully saturated rings. The Kier molecular flexibility index (Phi) is 2.28. The van der Waals surface area contributed by atoms with Gasteiger partial charge in [-0.1, -0.05) is 31.2 Å². The number of methoxy groups -OCH3 is 1. The van der Waals surface area contributed by atoms with Crippen LogP contribution in [0.15, 0.2) is 24.3 Å². The molecule has 74 valence electrons. The third kappa shape index (κ3) is 1.31. The number of carbonyl (C=O) groups excluding carboxylic acids is 1. The van der Waals surface area contributed by atoms with Crippen molar-refractivity contribution in [2.75, 3.05) is 7.11 Å². The predicted molar refractivity (Wildman–Crippen MR) is 54.1 cm³/mol. The Labute approximate surface area is 83.9 Å². The second kappa shape index (κ2) is 3.45. The van der Waals surface area contributed by atoms with Crippen LogP contribution >= 0.6 is 0 Å². The van der Waals surface area contributed by atoms with Gasteiger partial charge in [-0.3, -0.25) is 4.79 Å². The molecule has 14 heavy (non-hydrogen) atoms. The number of benzene rings is 1. The summed E-state index contributed by atoms with van der Waals surface area (Å²) >= 11 is 0. The van der Waals surface area contributed by atoms with Gasteiger partial charge in [-0.25, -0.2) is 0 Å². The largest absolute Gasteiger partial charge is 0.469 e. The maximum absolute atomic E-state index is 11.5. The number of rotatable bonds is 1. The lowest BCUT2D eigenvalue weighted by Gasteiger charge is -2.12. The minimum Gasteiger partial charge on any atom is -0.469 e. The minimum atomic E-state index is -0.0892. The molecule has 0 amide bonds. The lowest BCUT2D eigenvalue weighted by molar-refractivity contribution is -0.145. The van der Waals surface area contributed by atoms with Crippen LogP contribution in [0, 0.1) is 5.92 Å². The molecule has 2 rings (SSSR count). The maximum atomic E-state index is 11.5. The van der Waals surface area contributed by atoms with Crippen molar-refractivity contribution in [3.63, 3.8) is 0 Å². The van der Waals surface area contributed by atoms with E-state index in [9.17, 15) is 4.79 Å². The zero-order chi connectivity index (χ0) is 10.1. The van der Waals surface area contributed by atoms with Crippen molar-refractivity contribution in [2.45, 2.75) is 19.3 Å². The SMILES string of the molecule is COC(=O)[C@H]1Cc2ccccc2[C@H]1C. The van der Waals surface area contributed by atoms with E-state index in [0.717, 1.165) is 6.42 Å². The fourth-order valence-electron chi connectivity index (χ4n) is 2.23. The van der Waals surface area contributed by atoms with E-state index in [0.29, 0.717) is 5.92 Å². The van der Waals surface area contributed by atoms with Crippen molar-refractivity contribution >= 4 is 5.97 Å². The lowest BCUT2D eigenvalue weighted by Crippen LogP contribution is -2.18. The Balaban J connectivity index is 2.30. The van der Waals surface area contributed by atoms with Gasteiger partial charge in [0.05, 0.1) is 13.0 Å². The molecular formula is C12H14O2. The zero-order valence-corrected chi connectivity index (χ0v) is 8.49. The first kappa shape index (κ1) is 9.25. The highest BCUT2D eigenvalue weighted by Crippen LogP contribution is 2.37. The summed E-state index contributed by atoms with van der Waals surface area (Å²) < 4.78 is 4.80. The van der Waals surface area contributed by atoms with Gasteiger partial charge in [0.25, 0.3) is 0 Å². The Hall–Kier alpha value is -1.31. The van der Waals surface area contributed by atoms with Crippen LogP contribution in [-0.4, -0.2) is 13.1 Å². The smallest absolute Gasteiger partial charge is 0.309 e. The van der Waals surface area contributed by atoms with Crippen molar-refractivity contribution in [3.05, 3.63) is 35.4 Å². The molecule has 2 atom stereocenters. The molecule has 0 N–H and O–H groups in total. The second-order valence-electron chi connectivity index (χ2n) is 3.82. The van der Waals surface area contributed by atoms with Gasteiger partial charge in [0.15, 0.2) is 0 Å². The Bertz CT molecular complexity index is 357. The molecular weight excluding hydrogens is 176 g/mol. The van der Waals surface area contributed by atoms with E-state index in [-0.39, 0.29) is 11.9 Å². The molecule has 0 radical (unpaired) electrons. The fourth-order valence-corrected chi connectivity index (χ4v) is 2.23. The van der Waals surface area contributed by atoms with Gasteiger partial charge in [-0.05, 0) is 23.5 Å². The average Bonchev–Trinajstić information content (AvgIpc) is 2.56. The van der Waals surface area contributed by atoms with E-state index in [1.807, 2.05) is 12.1 Å². The number of carbonyl (C=O) groups is 1. The molecule has 0 aromatic heterocycles. The highest BCUT2D eigenvalue weighted by molar-refractivity contribution is 5.75. The van der Waals surface area contributed by atoms with E-state index in [4.69, 9.17) is 4.74 Å². The quantitative estimate of drug-likeness (QED) is 0.634. The molecule has 0 bridgehead atoms. The van der Waals surface area contributed by atoms with Gasteiger partial charge >= 0.3 is 5.97 Å². The number of ether oxygens (including phenoxy) is 1. The Morgan fingerprint density at radius 2 is 2.14 bits per heavy atom. The second-order valence-corrected chi connectivity index (χ2v) is 3.82. The monoisotopic (exact) mass is 190 g/mol. The van der Waals surface area contributed by atoms with Crippen LogP contribution in [0.4, 0.5) is 0 Å². The first-order chi connectivity index (χ1) is 6.74. The third-order valence-corrected chi connectivity index (χ3v) is 3.09. The maximum Gasteiger partial charge on any atom is 0.309 e. The molecule has 1 aliphatic carbocycles. The van der Waals surface area contributed by atoms with Gasteiger partial charge in [0.2, 0.25) is 0 Å². The molecule has 0 aliphatic heterocycles. The first-order valence-corrected chi connectivity index (χ1v) is 4.89. The third-order valence-electron chi connectivity index (χ3n) is 3.09. The molecule has 1 aromatic rings. The summed E-state index contributed by atoms with van der Waals surface area (Å²) in [7, 11) is 1.46. The van der Waals surface area contributed by atoms with Gasteiger partial charge in [-0.15, -0.1) is 0 Å².